The molecule has 0 aromatic carbocycles. The topological polar surface area (TPSA) is 25.7 Å². The Hall–Kier alpha value is -2.16. The molecule has 3 rings (SSSR count). The van der Waals surface area contributed by atoms with E-state index in [0.717, 1.165) is 0 Å². The first-order valence-electron chi connectivity index (χ1n) is 4.71. The Kier molecular flexibility index (Phi) is 3.07. The summed E-state index contributed by atoms with van der Waals surface area (Å²) in [6.45, 7) is 0. The molecular weight excluding hydrogens is 188 g/mol. The van der Waals surface area contributed by atoms with Crippen molar-refractivity contribution in [3.8, 4) is 0 Å². The van der Waals surface area contributed by atoms with Gasteiger partial charge in [0.15, 0.2) is 0 Å². The molecule has 0 radical (unpaired) electrons. The van der Waals surface area contributed by atoms with Gasteiger partial charge in [-0.15, -0.1) is 0 Å². The van der Waals surface area contributed by atoms with Gasteiger partial charge in [0, 0.05) is 24.1 Å². The number of nitrogens with zero attached hydrogens (tertiary/aromatic N) is 1. The first kappa shape index (κ1) is 9.40. The lowest BCUT2D eigenvalue weighted by atomic mass is 10.4. The van der Waals surface area contributed by atoms with E-state index >= 15 is 0 Å². The second kappa shape index (κ2) is 4.91. The lowest BCUT2D eigenvalue weighted by Gasteiger charge is -1.97. The molecule has 0 bridgehead atoms. The number of fused-ring (bicyclic) bond motifs is 1. The van der Waals surface area contributed by atoms with Gasteiger partial charge < -0.3 is 9.24 Å². The van der Waals surface area contributed by atoms with Crippen molar-refractivity contribution >= 4 is 5.52 Å². The predicted octanol–water partition coefficient (Wildman–Crippen LogP) is 2.49. The summed E-state index contributed by atoms with van der Waals surface area (Å²) in [5.41, 5.74) is 3.77. The number of hydroxylamine groups is 1. The lowest BCUT2D eigenvalue weighted by molar-refractivity contribution is 0.172. The van der Waals surface area contributed by atoms with E-state index in [1.165, 1.54) is 5.52 Å². The zero-order valence-electron chi connectivity index (χ0n) is 8.21. The molecule has 0 amide bonds. The van der Waals surface area contributed by atoms with Crippen LogP contribution in [0.1, 0.15) is 0 Å². The van der Waals surface area contributed by atoms with Gasteiger partial charge in [0.1, 0.15) is 6.26 Å². The number of rotatable bonds is 0. The Morgan fingerprint density at radius 3 is 2.47 bits per heavy atom. The molecule has 0 saturated carbocycles. The molecular formula is C12H12N2O. The molecule has 15 heavy (non-hydrogen) atoms. The summed E-state index contributed by atoms with van der Waals surface area (Å²) in [6, 6.07) is 10.3. The third kappa shape index (κ3) is 2.64. The molecule has 2 aromatic rings. The first-order chi connectivity index (χ1) is 7.47. The van der Waals surface area contributed by atoms with Crippen LogP contribution >= 0.6 is 0 Å². The standard InChI is InChI=1S/C8H7N.C4H5NO/c1-2-6-9-7-3-5-8(9)4-1;1-2-4-6-5-3-1/h1-7H;1-5H. The van der Waals surface area contributed by atoms with Gasteiger partial charge in [-0.05, 0) is 36.4 Å². The van der Waals surface area contributed by atoms with E-state index in [1.54, 1.807) is 18.5 Å². The molecule has 1 aliphatic heterocycles. The average molecular weight is 200 g/mol. The fourth-order valence-corrected chi connectivity index (χ4v) is 1.24. The van der Waals surface area contributed by atoms with Crippen molar-refractivity contribution in [2.24, 2.45) is 0 Å². The van der Waals surface area contributed by atoms with Crippen LogP contribution in [-0.2, 0) is 4.84 Å². The molecule has 0 unspecified atom stereocenters. The Morgan fingerprint density at radius 2 is 1.87 bits per heavy atom. The van der Waals surface area contributed by atoms with Crippen molar-refractivity contribution in [1.82, 2.24) is 9.88 Å². The van der Waals surface area contributed by atoms with Gasteiger partial charge in [0.05, 0.1) is 0 Å². The molecule has 0 spiro atoms. The Bertz CT molecular complexity index is 429. The van der Waals surface area contributed by atoms with Gasteiger partial charge in [-0.2, -0.15) is 0 Å². The van der Waals surface area contributed by atoms with Crippen LogP contribution in [0.3, 0.4) is 0 Å². The van der Waals surface area contributed by atoms with Crippen molar-refractivity contribution in [2.75, 3.05) is 0 Å². The smallest absolute Gasteiger partial charge is 0.119 e. The van der Waals surface area contributed by atoms with Crippen LogP contribution in [0.25, 0.3) is 5.52 Å². The summed E-state index contributed by atoms with van der Waals surface area (Å²) in [7, 11) is 0. The maximum Gasteiger partial charge on any atom is 0.119 e. The van der Waals surface area contributed by atoms with Gasteiger partial charge in [0.25, 0.3) is 0 Å². The van der Waals surface area contributed by atoms with Gasteiger partial charge in [-0.25, -0.2) is 5.48 Å². The second-order valence-electron chi connectivity index (χ2n) is 2.96. The SMILES string of the molecule is C1=CNOC=C1.c1ccn2cccc2c1. The molecule has 0 atom stereocenters. The van der Waals surface area contributed by atoms with Crippen molar-refractivity contribution in [1.29, 1.82) is 0 Å². The van der Waals surface area contributed by atoms with Crippen LogP contribution in [0, 0.1) is 0 Å². The van der Waals surface area contributed by atoms with E-state index < -0.39 is 0 Å². The van der Waals surface area contributed by atoms with E-state index in [-0.39, 0.29) is 0 Å². The molecule has 0 aliphatic carbocycles. The average Bonchev–Trinajstić information content (AvgIpc) is 2.80. The minimum Gasteiger partial charge on any atom is -0.391 e. The van der Waals surface area contributed by atoms with Crippen LogP contribution in [0.5, 0.6) is 0 Å². The van der Waals surface area contributed by atoms with Crippen molar-refractivity contribution in [3.05, 3.63) is 67.3 Å². The van der Waals surface area contributed by atoms with Gasteiger partial charge >= 0.3 is 0 Å². The van der Waals surface area contributed by atoms with Gasteiger partial charge in [-0.3, -0.25) is 0 Å². The Morgan fingerprint density at radius 1 is 1.00 bits per heavy atom. The van der Waals surface area contributed by atoms with E-state index in [9.17, 15) is 0 Å². The van der Waals surface area contributed by atoms with Crippen molar-refractivity contribution in [3.63, 3.8) is 0 Å². The highest BCUT2D eigenvalue weighted by Gasteiger charge is 1.83. The number of aromatic nitrogens is 1. The fraction of sp³-hybridized carbons (Fsp3) is 0. The number of hydrogen-bond donors (Lipinski definition) is 1. The van der Waals surface area contributed by atoms with Crippen LogP contribution in [0.15, 0.2) is 67.3 Å². The Balaban J connectivity index is 0.000000124. The first-order valence-corrected chi connectivity index (χ1v) is 4.71. The van der Waals surface area contributed by atoms with Gasteiger partial charge in [0.2, 0.25) is 0 Å². The number of pyridine rings is 1. The van der Waals surface area contributed by atoms with Crippen LogP contribution in [-0.4, -0.2) is 4.40 Å². The van der Waals surface area contributed by atoms with Crippen molar-refractivity contribution < 1.29 is 4.84 Å². The van der Waals surface area contributed by atoms with Crippen LogP contribution in [0.2, 0.25) is 0 Å². The van der Waals surface area contributed by atoms with Crippen molar-refractivity contribution in [2.45, 2.75) is 0 Å². The predicted molar refractivity (Wildman–Crippen MR) is 59.9 cm³/mol. The molecule has 76 valence electrons. The quantitative estimate of drug-likeness (QED) is 0.707. The largest absolute Gasteiger partial charge is 0.391 e. The highest BCUT2D eigenvalue weighted by atomic mass is 16.6. The Labute approximate surface area is 88.2 Å². The lowest BCUT2D eigenvalue weighted by Crippen LogP contribution is -2.01. The molecule has 3 heterocycles. The van der Waals surface area contributed by atoms with E-state index in [0.29, 0.717) is 0 Å². The third-order valence-electron chi connectivity index (χ3n) is 1.93. The summed E-state index contributed by atoms with van der Waals surface area (Å²) in [4.78, 5) is 4.55. The molecule has 1 N–H and O–H groups in total. The maximum atomic E-state index is 4.55. The zero-order valence-corrected chi connectivity index (χ0v) is 8.21. The van der Waals surface area contributed by atoms with Gasteiger partial charge in [-0.1, -0.05) is 6.07 Å². The highest BCUT2D eigenvalue weighted by molar-refractivity contribution is 5.46. The molecule has 0 fully saturated rings. The number of hydrogen-bond acceptors (Lipinski definition) is 2. The summed E-state index contributed by atoms with van der Waals surface area (Å²) >= 11 is 0. The molecule has 3 nitrogen and oxygen atoms in total. The minimum atomic E-state index is 1.25. The highest BCUT2D eigenvalue weighted by Crippen LogP contribution is 2.01. The second-order valence-corrected chi connectivity index (χ2v) is 2.96. The molecule has 0 saturated heterocycles. The maximum absolute atomic E-state index is 4.55. The van der Waals surface area contributed by atoms with Crippen LogP contribution < -0.4 is 5.48 Å². The van der Waals surface area contributed by atoms with E-state index in [2.05, 4.69) is 26.9 Å². The molecule has 2 aromatic heterocycles. The molecule has 1 aliphatic rings. The van der Waals surface area contributed by atoms with E-state index in [1.807, 2.05) is 36.7 Å². The summed E-state index contributed by atoms with van der Waals surface area (Å²) < 4.78 is 2.08. The van der Waals surface area contributed by atoms with E-state index in [4.69, 9.17) is 0 Å². The number of allylic oxidation sites excluding steroid dienone is 2. The number of nitrogens with one attached hydrogen (secondary N) is 1. The summed E-state index contributed by atoms with van der Waals surface area (Å²) in [6.07, 6.45) is 11.0. The third-order valence-corrected chi connectivity index (χ3v) is 1.93. The summed E-state index contributed by atoms with van der Waals surface area (Å²) in [5.74, 6) is 0. The monoisotopic (exact) mass is 200 g/mol. The fourth-order valence-electron chi connectivity index (χ4n) is 1.24. The zero-order chi connectivity index (χ0) is 10.3. The van der Waals surface area contributed by atoms with Crippen LogP contribution in [0.4, 0.5) is 0 Å². The minimum absolute atomic E-state index is 1.25. The normalized spacial score (nSPS) is 12.5. The summed E-state index contributed by atoms with van der Waals surface area (Å²) in [5, 5.41) is 0. The molecule has 3 heteroatoms.